The summed E-state index contributed by atoms with van der Waals surface area (Å²) >= 11 is 5.30. The number of thiophene rings is 1. The number of likely N-dealkylation sites (N-methyl/N-ethyl adjacent to an activating group) is 1. The van der Waals surface area contributed by atoms with E-state index in [1.54, 1.807) is 0 Å². The Morgan fingerprint density at radius 2 is 2.15 bits per heavy atom. The van der Waals surface area contributed by atoms with Crippen LogP contribution in [0.15, 0.2) is 15.9 Å². The van der Waals surface area contributed by atoms with Crippen LogP contribution >= 0.6 is 27.3 Å². The van der Waals surface area contributed by atoms with Gasteiger partial charge in [0.1, 0.15) is 0 Å². The van der Waals surface area contributed by atoms with Gasteiger partial charge in [0.25, 0.3) is 0 Å². The molecule has 0 spiro atoms. The maximum Gasteiger partial charge on any atom is 0.0701 e. The van der Waals surface area contributed by atoms with E-state index in [1.807, 2.05) is 18.4 Å². The van der Waals surface area contributed by atoms with Crippen molar-refractivity contribution in [3.8, 4) is 0 Å². The number of halogens is 1. The van der Waals surface area contributed by atoms with Crippen LogP contribution in [0.3, 0.4) is 0 Å². The fourth-order valence-electron chi connectivity index (χ4n) is 1.35. The van der Waals surface area contributed by atoms with Gasteiger partial charge in [0.2, 0.25) is 0 Å². The normalized spacial score (nSPS) is 13.6. The van der Waals surface area contributed by atoms with Crippen LogP contribution in [0, 0.1) is 5.92 Å². The molecule has 0 saturated carbocycles. The average molecular weight is 262 g/mol. The molecule has 0 saturated heterocycles. The first-order chi connectivity index (χ1) is 6.13. The standard InChI is InChI=1S/C10H16BrNS/c1-7(2)9(12-3)6-8-4-5-10(11)13-8/h4-5,7,9,12H,6H2,1-3H3. The van der Waals surface area contributed by atoms with E-state index in [4.69, 9.17) is 0 Å². The van der Waals surface area contributed by atoms with E-state index in [0.29, 0.717) is 12.0 Å². The SMILES string of the molecule is CNC(Cc1ccc(Br)s1)C(C)C. The van der Waals surface area contributed by atoms with Crippen molar-refractivity contribution in [3.63, 3.8) is 0 Å². The Balaban J connectivity index is 2.56. The Hall–Kier alpha value is 0.140. The number of hydrogen-bond donors (Lipinski definition) is 1. The molecule has 3 heteroatoms. The smallest absolute Gasteiger partial charge is 0.0701 e. The molecule has 1 rings (SSSR count). The van der Waals surface area contributed by atoms with Gasteiger partial charge in [0, 0.05) is 10.9 Å². The monoisotopic (exact) mass is 261 g/mol. The minimum atomic E-state index is 0.588. The summed E-state index contributed by atoms with van der Waals surface area (Å²) in [7, 11) is 2.04. The third-order valence-corrected chi connectivity index (χ3v) is 3.87. The number of hydrogen-bond acceptors (Lipinski definition) is 2. The summed E-state index contributed by atoms with van der Waals surface area (Å²) in [6.45, 7) is 4.51. The summed E-state index contributed by atoms with van der Waals surface area (Å²) in [4.78, 5) is 1.44. The van der Waals surface area contributed by atoms with Gasteiger partial charge >= 0.3 is 0 Å². The van der Waals surface area contributed by atoms with Crippen LogP contribution in [0.25, 0.3) is 0 Å². The van der Waals surface area contributed by atoms with Gasteiger partial charge in [-0.15, -0.1) is 11.3 Å². The average Bonchev–Trinajstić information content (AvgIpc) is 2.46. The molecule has 0 fully saturated rings. The summed E-state index contributed by atoms with van der Waals surface area (Å²) in [6, 6.07) is 4.90. The predicted molar refractivity (Wildman–Crippen MR) is 63.4 cm³/mol. The molecule has 1 aromatic heterocycles. The molecule has 0 aromatic carbocycles. The van der Waals surface area contributed by atoms with Crippen molar-refractivity contribution >= 4 is 27.3 Å². The van der Waals surface area contributed by atoms with Crippen LogP contribution in [-0.2, 0) is 6.42 Å². The zero-order valence-corrected chi connectivity index (χ0v) is 10.7. The fourth-order valence-corrected chi connectivity index (χ4v) is 2.89. The molecule has 1 heterocycles. The highest BCUT2D eigenvalue weighted by atomic mass is 79.9. The maximum atomic E-state index is 3.48. The van der Waals surface area contributed by atoms with E-state index < -0.39 is 0 Å². The first-order valence-electron chi connectivity index (χ1n) is 4.55. The molecule has 1 atom stereocenters. The largest absolute Gasteiger partial charge is 0.316 e. The summed E-state index contributed by atoms with van der Waals surface area (Å²) < 4.78 is 1.22. The molecule has 74 valence electrons. The highest BCUT2D eigenvalue weighted by Gasteiger charge is 2.12. The van der Waals surface area contributed by atoms with E-state index in [9.17, 15) is 0 Å². The Kier molecular flexibility index (Phi) is 4.42. The second kappa shape index (κ2) is 5.13. The van der Waals surface area contributed by atoms with Crippen molar-refractivity contribution in [3.05, 3.63) is 20.8 Å². The number of nitrogens with one attached hydrogen (secondary N) is 1. The first kappa shape index (κ1) is 11.2. The molecule has 0 amide bonds. The van der Waals surface area contributed by atoms with E-state index in [1.165, 1.54) is 8.66 Å². The molecule has 1 unspecified atom stereocenters. The van der Waals surface area contributed by atoms with Crippen LogP contribution in [0.4, 0.5) is 0 Å². The van der Waals surface area contributed by atoms with Crippen molar-refractivity contribution < 1.29 is 0 Å². The van der Waals surface area contributed by atoms with Crippen LogP contribution < -0.4 is 5.32 Å². The van der Waals surface area contributed by atoms with Crippen molar-refractivity contribution in [2.24, 2.45) is 5.92 Å². The third-order valence-electron chi connectivity index (χ3n) is 2.23. The molecule has 0 bridgehead atoms. The van der Waals surface area contributed by atoms with E-state index in [0.717, 1.165) is 6.42 Å². The lowest BCUT2D eigenvalue weighted by Crippen LogP contribution is -2.32. The second-order valence-corrected chi connectivity index (χ2v) is 6.10. The molecule has 0 radical (unpaired) electrons. The second-order valence-electron chi connectivity index (χ2n) is 3.55. The maximum absolute atomic E-state index is 3.48. The lowest BCUT2D eigenvalue weighted by Gasteiger charge is -2.18. The molecule has 0 aliphatic heterocycles. The summed E-state index contributed by atoms with van der Waals surface area (Å²) in [5, 5.41) is 3.35. The summed E-state index contributed by atoms with van der Waals surface area (Å²) in [6.07, 6.45) is 1.13. The molecular weight excluding hydrogens is 246 g/mol. The van der Waals surface area contributed by atoms with Crippen molar-refractivity contribution in [1.29, 1.82) is 0 Å². The minimum absolute atomic E-state index is 0.588. The lowest BCUT2D eigenvalue weighted by atomic mass is 10.0. The molecule has 0 aliphatic rings. The molecule has 13 heavy (non-hydrogen) atoms. The van der Waals surface area contributed by atoms with Gasteiger partial charge in [-0.25, -0.2) is 0 Å². The molecule has 1 nitrogen and oxygen atoms in total. The van der Waals surface area contributed by atoms with Gasteiger partial charge in [-0.1, -0.05) is 13.8 Å². The van der Waals surface area contributed by atoms with Gasteiger partial charge in [0.15, 0.2) is 0 Å². The molecule has 0 aliphatic carbocycles. The van der Waals surface area contributed by atoms with Gasteiger partial charge in [-0.05, 0) is 47.4 Å². The van der Waals surface area contributed by atoms with E-state index in [2.05, 4.69) is 47.2 Å². The highest BCUT2D eigenvalue weighted by Crippen LogP contribution is 2.24. The Morgan fingerprint density at radius 1 is 1.46 bits per heavy atom. The first-order valence-corrected chi connectivity index (χ1v) is 6.16. The zero-order chi connectivity index (χ0) is 9.84. The fraction of sp³-hybridized carbons (Fsp3) is 0.600. The Bertz CT molecular complexity index is 257. The lowest BCUT2D eigenvalue weighted by molar-refractivity contribution is 0.427. The zero-order valence-electron chi connectivity index (χ0n) is 8.30. The quantitative estimate of drug-likeness (QED) is 0.877. The number of rotatable bonds is 4. The Labute approximate surface area is 92.7 Å². The topological polar surface area (TPSA) is 12.0 Å². The van der Waals surface area contributed by atoms with Crippen LogP contribution in [-0.4, -0.2) is 13.1 Å². The van der Waals surface area contributed by atoms with Crippen LogP contribution in [0.1, 0.15) is 18.7 Å². The minimum Gasteiger partial charge on any atom is -0.316 e. The van der Waals surface area contributed by atoms with Crippen molar-refractivity contribution in [1.82, 2.24) is 5.32 Å². The van der Waals surface area contributed by atoms with E-state index in [-0.39, 0.29) is 0 Å². The molecule has 1 aromatic rings. The van der Waals surface area contributed by atoms with Crippen molar-refractivity contribution in [2.75, 3.05) is 7.05 Å². The van der Waals surface area contributed by atoms with Gasteiger partial charge in [-0.3, -0.25) is 0 Å². The molecule has 1 N–H and O–H groups in total. The van der Waals surface area contributed by atoms with Gasteiger partial charge in [-0.2, -0.15) is 0 Å². The van der Waals surface area contributed by atoms with Gasteiger partial charge < -0.3 is 5.32 Å². The predicted octanol–water partition coefficient (Wildman–Crippen LogP) is 3.30. The van der Waals surface area contributed by atoms with Crippen LogP contribution in [0.5, 0.6) is 0 Å². The third kappa shape index (κ3) is 3.41. The summed E-state index contributed by atoms with van der Waals surface area (Å²) in [5.41, 5.74) is 0. The molecular formula is C10H16BrNS. The Morgan fingerprint density at radius 3 is 2.54 bits per heavy atom. The van der Waals surface area contributed by atoms with Gasteiger partial charge in [0.05, 0.1) is 3.79 Å². The summed E-state index contributed by atoms with van der Waals surface area (Å²) in [5.74, 6) is 0.686. The highest BCUT2D eigenvalue weighted by molar-refractivity contribution is 9.11. The van der Waals surface area contributed by atoms with E-state index >= 15 is 0 Å². The van der Waals surface area contributed by atoms with Crippen LogP contribution in [0.2, 0.25) is 0 Å². The van der Waals surface area contributed by atoms with Crippen molar-refractivity contribution in [2.45, 2.75) is 26.3 Å².